The molecule has 6 heteroatoms. The average Bonchev–Trinajstić information content (AvgIpc) is 3.45. The van der Waals surface area contributed by atoms with Crippen LogP contribution in [-0.2, 0) is 6.54 Å². The second kappa shape index (κ2) is 7.13. The SMILES string of the molecule is N#Cc1ccc(-c2cc3n(c2)Cc2cc(N4CCCCC4)ncc2-n2ccnc2-3)cc1. The molecule has 2 aliphatic heterocycles. The minimum Gasteiger partial charge on any atom is -0.357 e. The fourth-order valence-corrected chi connectivity index (χ4v) is 4.71. The van der Waals surface area contributed by atoms with Crippen LogP contribution in [0.25, 0.3) is 28.3 Å². The van der Waals surface area contributed by atoms with E-state index in [-0.39, 0.29) is 0 Å². The third kappa shape index (κ3) is 3.01. The third-order valence-electron chi connectivity index (χ3n) is 6.35. The van der Waals surface area contributed by atoms with Gasteiger partial charge in [0, 0.05) is 49.4 Å². The summed E-state index contributed by atoms with van der Waals surface area (Å²) in [6, 6.07) is 14.4. The van der Waals surface area contributed by atoms with E-state index in [9.17, 15) is 0 Å². The van der Waals surface area contributed by atoms with Crippen LogP contribution in [0, 0.1) is 11.3 Å². The van der Waals surface area contributed by atoms with Crippen molar-refractivity contribution in [2.75, 3.05) is 18.0 Å². The molecular formula is C25H22N6. The number of anilines is 1. The molecular weight excluding hydrogens is 384 g/mol. The summed E-state index contributed by atoms with van der Waals surface area (Å²) >= 11 is 0. The molecule has 0 atom stereocenters. The van der Waals surface area contributed by atoms with Crippen LogP contribution in [0.4, 0.5) is 5.82 Å². The zero-order valence-corrected chi connectivity index (χ0v) is 17.2. The molecule has 3 aromatic heterocycles. The lowest BCUT2D eigenvalue weighted by molar-refractivity contribution is 0.573. The molecule has 1 aromatic carbocycles. The Hall–Kier alpha value is -3.85. The number of piperidine rings is 1. The van der Waals surface area contributed by atoms with Gasteiger partial charge < -0.3 is 9.47 Å². The van der Waals surface area contributed by atoms with Crippen molar-refractivity contribution in [3.05, 3.63) is 72.3 Å². The van der Waals surface area contributed by atoms with Crippen LogP contribution < -0.4 is 4.90 Å². The van der Waals surface area contributed by atoms with Gasteiger partial charge in [-0.1, -0.05) is 12.1 Å². The van der Waals surface area contributed by atoms with Gasteiger partial charge in [0.1, 0.15) is 5.82 Å². The number of fused-ring (bicyclic) bond motifs is 5. The molecule has 0 radical (unpaired) electrons. The predicted molar refractivity (Wildman–Crippen MR) is 120 cm³/mol. The number of benzene rings is 1. The molecule has 1 fully saturated rings. The Balaban J connectivity index is 1.44. The van der Waals surface area contributed by atoms with Crippen LogP contribution in [0.5, 0.6) is 0 Å². The molecule has 31 heavy (non-hydrogen) atoms. The van der Waals surface area contributed by atoms with Gasteiger partial charge in [-0.05, 0) is 49.1 Å². The van der Waals surface area contributed by atoms with Crippen LogP contribution in [-0.4, -0.2) is 32.2 Å². The van der Waals surface area contributed by atoms with E-state index >= 15 is 0 Å². The van der Waals surface area contributed by atoms with Crippen molar-refractivity contribution < 1.29 is 0 Å². The summed E-state index contributed by atoms with van der Waals surface area (Å²) in [6.45, 7) is 2.94. The Kier molecular flexibility index (Phi) is 4.13. The maximum atomic E-state index is 9.08. The summed E-state index contributed by atoms with van der Waals surface area (Å²) in [7, 11) is 0. The van der Waals surface area contributed by atoms with Gasteiger partial charge in [-0.3, -0.25) is 4.57 Å². The molecule has 0 spiro atoms. The fourth-order valence-electron chi connectivity index (χ4n) is 4.71. The minimum atomic E-state index is 0.673. The van der Waals surface area contributed by atoms with Crippen molar-refractivity contribution in [1.29, 1.82) is 5.26 Å². The Labute approximate surface area is 181 Å². The fraction of sp³-hybridized carbons (Fsp3) is 0.240. The first kappa shape index (κ1) is 18.0. The summed E-state index contributed by atoms with van der Waals surface area (Å²) < 4.78 is 4.42. The molecule has 0 bridgehead atoms. The van der Waals surface area contributed by atoms with E-state index in [2.05, 4.69) is 43.4 Å². The van der Waals surface area contributed by atoms with Crippen LogP contribution in [0.1, 0.15) is 30.4 Å². The molecule has 0 saturated carbocycles. The van der Waals surface area contributed by atoms with E-state index in [0.717, 1.165) is 53.8 Å². The number of hydrogen-bond acceptors (Lipinski definition) is 4. The normalized spacial score (nSPS) is 14.9. The highest BCUT2D eigenvalue weighted by Crippen LogP contribution is 2.34. The van der Waals surface area contributed by atoms with Crippen LogP contribution in [0.3, 0.4) is 0 Å². The topological polar surface area (TPSA) is 62.7 Å². The van der Waals surface area contributed by atoms with E-state index in [4.69, 9.17) is 10.2 Å². The molecule has 152 valence electrons. The van der Waals surface area contributed by atoms with Gasteiger partial charge in [0.15, 0.2) is 5.82 Å². The number of nitrogens with zero attached hydrogens (tertiary/aromatic N) is 6. The minimum absolute atomic E-state index is 0.673. The molecule has 0 N–H and O–H groups in total. The smallest absolute Gasteiger partial charge is 0.161 e. The number of pyridine rings is 1. The van der Waals surface area contributed by atoms with Crippen molar-refractivity contribution in [3.8, 4) is 34.4 Å². The highest BCUT2D eigenvalue weighted by atomic mass is 15.2. The van der Waals surface area contributed by atoms with Gasteiger partial charge in [0.05, 0.1) is 29.2 Å². The van der Waals surface area contributed by atoms with Gasteiger partial charge in [-0.15, -0.1) is 0 Å². The molecule has 0 aliphatic carbocycles. The lowest BCUT2D eigenvalue weighted by atomic mass is 10.1. The van der Waals surface area contributed by atoms with E-state index in [0.29, 0.717) is 5.56 Å². The van der Waals surface area contributed by atoms with Gasteiger partial charge in [0.2, 0.25) is 0 Å². The van der Waals surface area contributed by atoms with E-state index in [1.807, 2.05) is 42.9 Å². The number of nitriles is 1. The molecule has 6 rings (SSSR count). The standard InChI is InChI=1S/C25H22N6/c26-14-18-4-6-19(7-5-18)20-12-22-25-27-8-11-31(25)23-15-28-24(29-9-2-1-3-10-29)13-21(23)17-30(22)16-20/h4-8,11-13,15-16H,1-3,9-10,17H2. The second-order valence-corrected chi connectivity index (χ2v) is 8.27. The van der Waals surface area contributed by atoms with Crippen molar-refractivity contribution in [2.24, 2.45) is 0 Å². The number of imidazole rings is 1. The number of rotatable bonds is 2. The van der Waals surface area contributed by atoms with Crippen molar-refractivity contribution in [3.63, 3.8) is 0 Å². The molecule has 4 aromatic rings. The molecule has 2 aliphatic rings. The van der Waals surface area contributed by atoms with Crippen LogP contribution >= 0.6 is 0 Å². The third-order valence-corrected chi connectivity index (χ3v) is 6.35. The van der Waals surface area contributed by atoms with E-state index < -0.39 is 0 Å². The maximum Gasteiger partial charge on any atom is 0.161 e. The van der Waals surface area contributed by atoms with Gasteiger partial charge in [-0.2, -0.15) is 5.26 Å². The summed E-state index contributed by atoms with van der Waals surface area (Å²) in [4.78, 5) is 11.9. The summed E-state index contributed by atoms with van der Waals surface area (Å²) in [6.07, 6.45) is 11.8. The number of aromatic nitrogens is 4. The molecule has 0 unspecified atom stereocenters. The first-order chi connectivity index (χ1) is 15.3. The Bertz CT molecular complexity index is 1300. The molecule has 6 nitrogen and oxygen atoms in total. The summed E-state index contributed by atoms with van der Waals surface area (Å²) in [5.74, 6) is 1.99. The lowest BCUT2D eigenvalue weighted by Crippen LogP contribution is -2.30. The van der Waals surface area contributed by atoms with Crippen molar-refractivity contribution >= 4 is 5.82 Å². The van der Waals surface area contributed by atoms with Gasteiger partial charge in [-0.25, -0.2) is 9.97 Å². The summed E-state index contributed by atoms with van der Waals surface area (Å²) in [5, 5.41) is 9.08. The molecule has 0 amide bonds. The van der Waals surface area contributed by atoms with Gasteiger partial charge in [0.25, 0.3) is 0 Å². The van der Waals surface area contributed by atoms with E-state index in [1.54, 1.807) is 0 Å². The highest BCUT2D eigenvalue weighted by molar-refractivity contribution is 5.72. The van der Waals surface area contributed by atoms with Crippen molar-refractivity contribution in [2.45, 2.75) is 25.8 Å². The number of hydrogen-bond donors (Lipinski definition) is 0. The summed E-state index contributed by atoms with van der Waals surface area (Å²) in [5.41, 5.74) is 6.32. The average molecular weight is 406 g/mol. The zero-order chi connectivity index (χ0) is 20.8. The van der Waals surface area contributed by atoms with Gasteiger partial charge >= 0.3 is 0 Å². The highest BCUT2D eigenvalue weighted by Gasteiger charge is 2.23. The Morgan fingerprint density at radius 3 is 2.58 bits per heavy atom. The quantitative estimate of drug-likeness (QED) is 0.429. The second-order valence-electron chi connectivity index (χ2n) is 8.27. The first-order valence-corrected chi connectivity index (χ1v) is 10.8. The molecule has 5 heterocycles. The van der Waals surface area contributed by atoms with Crippen molar-refractivity contribution in [1.82, 2.24) is 19.1 Å². The monoisotopic (exact) mass is 406 g/mol. The maximum absolute atomic E-state index is 9.08. The lowest BCUT2D eigenvalue weighted by Gasteiger charge is -2.28. The van der Waals surface area contributed by atoms with Crippen LogP contribution in [0.2, 0.25) is 0 Å². The largest absolute Gasteiger partial charge is 0.357 e. The van der Waals surface area contributed by atoms with E-state index in [1.165, 1.54) is 24.8 Å². The first-order valence-electron chi connectivity index (χ1n) is 10.8. The Morgan fingerprint density at radius 2 is 1.77 bits per heavy atom. The van der Waals surface area contributed by atoms with Crippen LogP contribution in [0.15, 0.2) is 61.2 Å². The zero-order valence-electron chi connectivity index (χ0n) is 17.2. The molecule has 1 saturated heterocycles. The Morgan fingerprint density at radius 1 is 0.935 bits per heavy atom. The predicted octanol–water partition coefficient (Wildman–Crippen LogP) is 4.63.